The van der Waals surface area contributed by atoms with E-state index in [4.69, 9.17) is 5.11 Å². The molecule has 0 aliphatic carbocycles. The summed E-state index contributed by atoms with van der Waals surface area (Å²) in [7, 11) is 0. The smallest absolute Gasteiger partial charge is 0.320 e. The molecule has 0 saturated carbocycles. The molecule has 0 spiro atoms. The Morgan fingerprint density at radius 2 is 1.65 bits per heavy atom. The Hall–Kier alpha value is -1.26. The van der Waals surface area contributed by atoms with Crippen molar-refractivity contribution >= 4 is 12.0 Å². The lowest BCUT2D eigenvalue weighted by molar-refractivity contribution is -0.141. The normalized spacial score (nSPS) is 33.2. The molecule has 17 heavy (non-hydrogen) atoms. The lowest BCUT2D eigenvalue weighted by Crippen LogP contribution is -2.41. The zero-order chi connectivity index (χ0) is 12.6. The van der Waals surface area contributed by atoms with Crippen molar-refractivity contribution in [2.45, 2.75) is 20.3 Å². The van der Waals surface area contributed by atoms with Crippen molar-refractivity contribution in [3.8, 4) is 0 Å². The van der Waals surface area contributed by atoms with Gasteiger partial charge in [-0.05, 0) is 18.3 Å². The first-order chi connectivity index (χ1) is 7.99. The zero-order valence-corrected chi connectivity index (χ0v) is 10.4. The van der Waals surface area contributed by atoms with Crippen LogP contribution in [0.4, 0.5) is 4.79 Å². The molecule has 0 aromatic heterocycles. The number of carboxylic acid groups (broad SMARTS) is 1. The second-order valence-electron chi connectivity index (χ2n) is 5.41. The number of carbonyl (C=O) groups excluding carboxylic acids is 1. The summed E-state index contributed by atoms with van der Waals surface area (Å²) < 4.78 is 0. The second-order valence-corrected chi connectivity index (χ2v) is 5.41. The van der Waals surface area contributed by atoms with Gasteiger partial charge in [-0.1, -0.05) is 13.8 Å². The topological polar surface area (TPSA) is 60.9 Å². The van der Waals surface area contributed by atoms with E-state index in [1.807, 2.05) is 4.90 Å². The standard InChI is InChI=1S/C12H20N2O3/c1-8-5-14(6-9(8)2)12(17)13-4-3-10(7-13)11(15)16/h8-10H,3-7H2,1-2H3,(H,15,16). The molecular formula is C12H20N2O3. The molecule has 96 valence electrons. The Labute approximate surface area is 101 Å². The Kier molecular flexibility index (Phi) is 3.26. The van der Waals surface area contributed by atoms with Crippen molar-refractivity contribution < 1.29 is 14.7 Å². The molecule has 2 saturated heterocycles. The number of carbonyl (C=O) groups is 2. The minimum Gasteiger partial charge on any atom is -0.481 e. The fraction of sp³-hybridized carbons (Fsp3) is 0.833. The molecule has 0 radical (unpaired) electrons. The van der Waals surface area contributed by atoms with Crippen molar-refractivity contribution in [3.63, 3.8) is 0 Å². The summed E-state index contributed by atoms with van der Waals surface area (Å²) in [6, 6.07) is 0.0185. The van der Waals surface area contributed by atoms with Crippen LogP contribution in [0.5, 0.6) is 0 Å². The predicted molar refractivity (Wildman–Crippen MR) is 62.6 cm³/mol. The number of carboxylic acids is 1. The van der Waals surface area contributed by atoms with Gasteiger partial charge in [-0.15, -0.1) is 0 Å². The Morgan fingerprint density at radius 3 is 2.12 bits per heavy atom. The van der Waals surface area contributed by atoms with Gasteiger partial charge in [-0.25, -0.2) is 4.79 Å². The van der Waals surface area contributed by atoms with Gasteiger partial charge in [0.2, 0.25) is 0 Å². The van der Waals surface area contributed by atoms with Gasteiger partial charge in [-0.2, -0.15) is 0 Å². The molecular weight excluding hydrogens is 220 g/mol. The van der Waals surface area contributed by atoms with Crippen LogP contribution in [0.2, 0.25) is 0 Å². The van der Waals surface area contributed by atoms with E-state index in [-0.39, 0.29) is 11.9 Å². The van der Waals surface area contributed by atoms with Crippen LogP contribution in [0.25, 0.3) is 0 Å². The molecule has 2 heterocycles. The van der Waals surface area contributed by atoms with E-state index in [0.717, 1.165) is 13.1 Å². The number of amides is 2. The summed E-state index contributed by atoms with van der Waals surface area (Å²) >= 11 is 0. The van der Waals surface area contributed by atoms with Crippen LogP contribution in [-0.2, 0) is 4.79 Å². The third-order valence-electron chi connectivity index (χ3n) is 4.07. The molecule has 3 unspecified atom stereocenters. The largest absolute Gasteiger partial charge is 0.481 e. The molecule has 3 atom stereocenters. The lowest BCUT2D eigenvalue weighted by atomic mass is 10.0. The Morgan fingerprint density at radius 1 is 1.06 bits per heavy atom. The fourth-order valence-electron chi connectivity index (χ4n) is 2.62. The molecule has 2 aliphatic heterocycles. The third kappa shape index (κ3) is 2.37. The highest BCUT2D eigenvalue weighted by Gasteiger charge is 2.36. The van der Waals surface area contributed by atoms with Gasteiger partial charge in [-0.3, -0.25) is 4.79 Å². The van der Waals surface area contributed by atoms with Gasteiger partial charge in [0.1, 0.15) is 0 Å². The Balaban J connectivity index is 1.92. The van der Waals surface area contributed by atoms with Crippen LogP contribution in [0, 0.1) is 17.8 Å². The van der Waals surface area contributed by atoms with Gasteiger partial charge in [0.05, 0.1) is 5.92 Å². The number of aliphatic carboxylic acids is 1. The van der Waals surface area contributed by atoms with Crippen LogP contribution in [0.3, 0.4) is 0 Å². The van der Waals surface area contributed by atoms with Gasteiger partial charge >= 0.3 is 12.0 Å². The molecule has 2 aliphatic rings. The first-order valence-electron chi connectivity index (χ1n) is 6.25. The Bertz CT molecular complexity index is 322. The van der Waals surface area contributed by atoms with Gasteiger partial charge in [0, 0.05) is 26.2 Å². The summed E-state index contributed by atoms with van der Waals surface area (Å²) in [5.74, 6) is -0.0893. The fourth-order valence-corrected chi connectivity index (χ4v) is 2.62. The summed E-state index contributed by atoms with van der Waals surface area (Å²) in [6.45, 7) is 6.86. The zero-order valence-electron chi connectivity index (χ0n) is 10.4. The van der Waals surface area contributed by atoms with Gasteiger partial charge < -0.3 is 14.9 Å². The number of hydrogen-bond acceptors (Lipinski definition) is 2. The van der Waals surface area contributed by atoms with Crippen molar-refractivity contribution in [2.75, 3.05) is 26.2 Å². The monoisotopic (exact) mass is 240 g/mol. The van der Waals surface area contributed by atoms with E-state index in [0.29, 0.717) is 31.3 Å². The second kappa shape index (κ2) is 4.55. The highest BCUT2D eigenvalue weighted by Crippen LogP contribution is 2.25. The van der Waals surface area contributed by atoms with Gasteiger partial charge in [0.15, 0.2) is 0 Å². The van der Waals surface area contributed by atoms with E-state index in [1.165, 1.54) is 0 Å². The summed E-state index contributed by atoms with van der Waals surface area (Å²) in [6.07, 6.45) is 0.583. The van der Waals surface area contributed by atoms with Gasteiger partial charge in [0.25, 0.3) is 0 Å². The van der Waals surface area contributed by atoms with Crippen LogP contribution in [0.1, 0.15) is 20.3 Å². The van der Waals surface area contributed by atoms with Crippen molar-refractivity contribution in [1.29, 1.82) is 0 Å². The van der Waals surface area contributed by atoms with E-state index in [2.05, 4.69) is 13.8 Å². The summed E-state index contributed by atoms with van der Waals surface area (Å²) in [5.41, 5.74) is 0. The molecule has 1 N–H and O–H groups in total. The summed E-state index contributed by atoms with van der Waals surface area (Å²) in [5, 5.41) is 8.91. The lowest BCUT2D eigenvalue weighted by Gasteiger charge is -2.24. The van der Waals surface area contributed by atoms with Crippen molar-refractivity contribution in [1.82, 2.24) is 9.80 Å². The number of hydrogen-bond donors (Lipinski definition) is 1. The van der Waals surface area contributed by atoms with Crippen LogP contribution in [-0.4, -0.2) is 53.1 Å². The predicted octanol–water partition coefficient (Wildman–Crippen LogP) is 1.10. The van der Waals surface area contributed by atoms with E-state index >= 15 is 0 Å². The molecule has 2 rings (SSSR count). The van der Waals surface area contributed by atoms with Crippen molar-refractivity contribution in [3.05, 3.63) is 0 Å². The summed E-state index contributed by atoms with van der Waals surface area (Å²) in [4.78, 5) is 26.6. The first kappa shape index (κ1) is 12.2. The van der Waals surface area contributed by atoms with Crippen LogP contribution in [0.15, 0.2) is 0 Å². The third-order valence-corrected chi connectivity index (χ3v) is 4.07. The molecule has 5 nitrogen and oxygen atoms in total. The number of nitrogens with zero attached hydrogens (tertiary/aromatic N) is 2. The average Bonchev–Trinajstić information content (AvgIpc) is 2.86. The molecule has 0 bridgehead atoms. The van der Waals surface area contributed by atoms with Crippen LogP contribution >= 0.6 is 0 Å². The number of likely N-dealkylation sites (tertiary alicyclic amines) is 2. The average molecular weight is 240 g/mol. The highest BCUT2D eigenvalue weighted by molar-refractivity contribution is 5.77. The molecule has 0 aromatic carbocycles. The molecule has 5 heteroatoms. The highest BCUT2D eigenvalue weighted by atomic mass is 16.4. The number of rotatable bonds is 1. The van der Waals surface area contributed by atoms with E-state index in [1.54, 1.807) is 4.90 Å². The molecule has 0 aromatic rings. The van der Waals surface area contributed by atoms with E-state index in [9.17, 15) is 9.59 Å². The maximum absolute atomic E-state index is 12.2. The SMILES string of the molecule is CC1CN(C(=O)N2CCC(C(=O)O)C2)CC1C. The number of urea groups is 1. The first-order valence-corrected chi connectivity index (χ1v) is 6.25. The van der Waals surface area contributed by atoms with Crippen LogP contribution < -0.4 is 0 Å². The minimum atomic E-state index is -0.788. The van der Waals surface area contributed by atoms with Crippen molar-refractivity contribution in [2.24, 2.45) is 17.8 Å². The quantitative estimate of drug-likeness (QED) is 0.746. The molecule has 2 fully saturated rings. The van der Waals surface area contributed by atoms with E-state index < -0.39 is 5.97 Å². The minimum absolute atomic E-state index is 0.0185. The maximum Gasteiger partial charge on any atom is 0.320 e. The maximum atomic E-state index is 12.2. The molecule has 2 amide bonds.